The van der Waals surface area contributed by atoms with Crippen molar-refractivity contribution < 1.29 is 9.47 Å². The minimum Gasteiger partial charge on any atom is -0.496 e. The van der Waals surface area contributed by atoms with E-state index in [9.17, 15) is 0 Å². The topological polar surface area (TPSA) is 30.5 Å². The van der Waals surface area contributed by atoms with Crippen LogP contribution in [0.1, 0.15) is 24.0 Å². The third-order valence-electron chi connectivity index (χ3n) is 4.77. The van der Waals surface area contributed by atoms with Crippen molar-refractivity contribution in [3.05, 3.63) is 29.3 Å². The summed E-state index contributed by atoms with van der Waals surface area (Å²) < 4.78 is 10.9. The molecule has 1 atom stereocenters. The number of aryl methyl sites for hydroxylation is 1. The molecular formula is C16H23NO2. The number of piperidine rings is 1. The molecule has 0 aromatic heterocycles. The Morgan fingerprint density at radius 3 is 2.74 bits per heavy atom. The van der Waals surface area contributed by atoms with Gasteiger partial charge in [-0.25, -0.2) is 0 Å². The summed E-state index contributed by atoms with van der Waals surface area (Å²) in [7, 11) is 1.73. The lowest BCUT2D eigenvalue weighted by Crippen LogP contribution is -2.56. The van der Waals surface area contributed by atoms with Gasteiger partial charge in [-0.3, -0.25) is 0 Å². The first-order chi connectivity index (χ1) is 9.26. The Hall–Kier alpha value is -1.06. The van der Waals surface area contributed by atoms with E-state index in [1.807, 2.05) is 0 Å². The van der Waals surface area contributed by atoms with Crippen LogP contribution in [-0.4, -0.2) is 33.4 Å². The molecule has 2 fully saturated rings. The van der Waals surface area contributed by atoms with Gasteiger partial charge in [0.15, 0.2) is 0 Å². The minimum absolute atomic E-state index is 0.227. The SMILES string of the molecule is COc1ccc(C2(C3CCCNC3)COC2)cc1C. The average Bonchev–Trinajstić information content (AvgIpc) is 2.39. The quantitative estimate of drug-likeness (QED) is 0.905. The van der Waals surface area contributed by atoms with Crippen LogP contribution in [0.5, 0.6) is 5.75 Å². The Morgan fingerprint density at radius 1 is 1.37 bits per heavy atom. The molecule has 0 aliphatic carbocycles. The summed E-state index contributed by atoms with van der Waals surface area (Å²) in [4.78, 5) is 0. The Labute approximate surface area is 115 Å². The molecular weight excluding hydrogens is 238 g/mol. The summed E-state index contributed by atoms with van der Waals surface area (Å²) in [5.74, 6) is 1.67. The summed E-state index contributed by atoms with van der Waals surface area (Å²) in [6.07, 6.45) is 2.59. The first kappa shape index (κ1) is 12.9. The number of hydrogen-bond donors (Lipinski definition) is 1. The van der Waals surface area contributed by atoms with Crippen LogP contribution < -0.4 is 10.1 Å². The zero-order valence-corrected chi connectivity index (χ0v) is 11.9. The van der Waals surface area contributed by atoms with Crippen LogP contribution in [-0.2, 0) is 10.2 Å². The van der Waals surface area contributed by atoms with Gasteiger partial charge in [0.2, 0.25) is 0 Å². The van der Waals surface area contributed by atoms with Crippen molar-refractivity contribution in [1.29, 1.82) is 0 Å². The molecule has 1 N–H and O–H groups in total. The molecule has 0 radical (unpaired) electrons. The van der Waals surface area contributed by atoms with Crippen molar-refractivity contribution in [2.24, 2.45) is 5.92 Å². The van der Waals surface area contributed by atoms with Crippen LogP contribution in [0.4, 0.5) is 0 Å². The second-order valence-corrected chi connectivity index (χ2v) is 5.88. The molecule has 19 heavy (non-hydrogen) atoms. The second-order valence-electron chi connectivity index (χ2n) is 5.88. The van der Waals surface area contributed by atoms with Gasteiger partial charge < -0.3 is 14.8 Å². The molecule has 1 aromatic carbocycles. The highest BCUT2D eigenvalue weighted by Gasteiger charge is 2.47. The summed E-state index contributed by atoms with van der Waals surface area (Å²) >= 11 is 0. The lowest BCUT2D eigenvalue weighted by molar-refractivity contribution is -0.0948. The molecule has 0 saturated carbocycles. The van der Waals surface area contributed by atoms with Gasteiger partial charge in [0.25, 0.3) is 0 Å². The highest BCUT2D eigenvalue weighted by atomic mass is 16.5. The maximum absolute atomic E-state index is 5.58. The monoisotopic (exact) mass is 261 g/mol. The zero-order chi connectivity index (χ0) is 13.3. The minimum atomic E-state index is 0.227. The van der Waals surface area contributed by atoms with Crippen LogP contribution in [0.2, 0.25) is 0 Å². The van der Waals surface area contributed by atoms with E-state index in [1.54, 1.807) is 7.11 Å². The summed E-state index contributed by atoms with van der Waals surface area (Å²) in [6, 6.07) is 6.61. The van der Waals surface area contributed by atoms with Crippen LogP contribution >= 0.6 is 0 Å². The van der Waals surface area contributed by atoms with Gasteiger partial charge in [0.05, 0.1) is 20.3 Å². The lowest BCUT2D eigenvalue weighted by atomic mass is 9.66. The number of methoxy groups -OCH3 is 1. The number of rotatable bonds is 3. The van der Waals surface area contributed by atoms with Crippen molar-refractivity contribution in [1.82, 2.24) is 5.32 Å². The van der Waals surface area contributed by atoms with Gasteiger partial charge in [0, 0.05) is 5.41 Å². The van der Waals surface area contributed by atoms with Crippen molar-refractivity contribution in [3.8, 4) is 5.75 Å². The smallest absolute Gasteiger partial charge is 0.121 e. The predicted octanol–water partition coefficient (Wildman–Crippen LogP) is 2.27. The average molecular weight is 261 g/mol. The maximum Gasteiger partial charge on any atom is 0.121 e. The molecule has 2 aliphatic rings. The Bertz CT molecular complexity index is 448. The molecule has 104 valence electrons. The van der Waals surface area contributed by atoms with E-state index in [2.05, 4.69) is 30.4 Å². The van der Waals surface area contributed by atoms with E-state index in [-0.39, 0.29) is 5.41 Å². The third-order valence-corrected chi connectivity index (χ3v) is 4.77. The molecule has 0 bridgehead atoms. The van der Waals surface area contributed by atoms with E-state index in [0.29, 0.717) is 5.92 Å². The first-order valence-corrected chi connectivity index (χ1v) is 7.20. The number of benzene rings is 1. The van der Waals surface area contributed by atoms with Gasteiger partial charge in [-0.2, -0.15) is 0 Å². The molecule has 0 amide bonds. The van der Waals surface area contributed by atoms with E-state index < -0.39 is 0 Å². The fraction of sp³-hybridized carbons (Fsp3) is 0.625. The van der Waals surface area contributed by atoms with Crippen molar-refractivity contribution in [3.63, 3.8) is 0 Å². The first-order valence-electron chi connectivity index (χ1n) is 7.20. The van der Waals surface area contributed by atoms with E-state index in [1.165, 1.54) is 24.0 Å². The highest BCUT2D eigenvalue weighted by molar-refractivity contribution is 5.41. The fourth-order valence-corrected chi connectivity index (χ4v) is 3.47. The molecule has 3 rings (SSSR count). The van der Waals surface area contributed by atoms with Crippen molar-refractivity contribution >= 4 is 0 Å². The van der Waals surface area contributed by atoms with Crippen LogP contribution in [0.15, 0.2) is 18.2 Å². The molecule has 1 aromatic rings. The molecule has 3 heteroatoms. The Balaban J connectivity index is 1.90. The lowest BCUT2D eigenvalue weighted by Gasteiger charge is -2.49. The van der Waals surface area contributed by atoms with Gasteiger partial charge in [0.1, 0.15) is 5.75 Å². The summed E-state index contributed by atoms with van der Waals surface area (Å²) in [5, 5.41) is 3.54. The number of nitrogens with one attached hydrogen (secondary N) is 1. The predicted molar refractivity (Wildman–Crippen MR) is 75.8 cm³/mol. The largest absolute Gasteiger partial charge is 0.496 e. The molecule has 2 heterocycles. The summed E-state index contributed by atoms with van der Waals surface area (Å²) in [5.41, 5.74) is 2.87. The highest BCUT2D eigenvalue weighted by Crippen LogP contribution is 2.43. The van der Waals surface area contributed by atoms with E-state index in [0.717, 1.165) is 32.1 Å². The molecule has 1 unspecified atom stereocenters. The van der Waals surface area contributed by atoms with E-state index >= 15 is 0 Å². The number of ether oxygens (including phenoxy) is 2. The summed E-state index contributed by atoms with van der Waals surface area (Å²) in [6.45, 7) is 6.13. The molecule has 0 spiro atoms. The normalized spacial score (nSPS) is 25.7. The molecule has 3 nitrogen and oxygen atoms in total. The van der Waals surface area contributed by atoms with Crippen molar-refractivity contribution in [2.75, 3.05) is 33.4 Å². The van der Waals surface area contributed by atoms with Crippen molar-refractivity contribution in [2.45, 2.75) is 25.2 Å². The maximum atomic E-state index is 5.58. The third kappa shape index (κ3) is 2.15. The Morgan fingerprint density at radius 2 is 2.21 bits per heavy atom. The van der Waals surface area contributed by atoms with E-state index in [4.69, 9.17) is 9.47 Å². The van der Waals surface area contributed by atoms with Crippen LogP contribution in [0.3, 0.4) is 0 Å². The second kappa shape index (κ2) is 5.14. The van der Waals surface area contributed by atoms with Gasteiger partial charge in [-0.15, -0.1) is 0 Å². The van der Waals surface area contributed by atoms with Gasteiger partial charge in [-0.05, 0) is 56.0 Å². The number of hydrogen-bond acceptors (Lipinski definition) is 3. The van der Waals surface area contributed by atoms with Gasteiger partial charge in [-0.1, -0.05) is 12.1 Å². The standard InChI is InChI=1S/C16H23NO2/c1-12-8-13(5-6-15(12)18-2)16(10-19-11-16)14-4-3-7-17-9-14/h5-6,8,14,17H,3-4,7,9-11H2,1-2H3. The zero-order valence-electron chi connectivity index (χ0n) is 11.9. The van der Waals surface area contributed by atoms with Gasteiger partial charge >= 0.3 is 0 Å². The Kier molecular flexibility index (Phi) is 3.50. The van der Waals surface area contributed by atoms with Crippen LogP contribution in [0, 0.1) is 12.8 Å². The fourth-order valence-electron chi connectivity index (χ4n) is 3.47. The van der Waals surface area contributed by atoms with Crippen LogP contribution in [0.25, 0.3) is 0 Å². The molecule has 2 saturated heterocycles. The molecule has 2 aliphatic heterocycles.